The number of nitrogens with one attached hydrogen (secondary N) is 1. The number of rotatable bonds is 7. The van der Waals surface area contributed by atoms with Gasteiger partial charge in [0.05, 0.1) is 11.1 Å². The molecule has 2 aromatic rings. The van der Waals surface area contributed by atoms with Crippen molar-refractivity contribution in [1.29, 1.82) is 0 Å². The van der Waals surface area contributed by atoms with Gasteiger partial charge in [-0.25, -0.2) is 4.98 Å². The molecule has 0 aliphatic heterocycles. The predicted molar refractivity (Wildman–Crippen MR) is 76.1 cm³/mol. The predicted octanol–water partition coefficient (Wildman–Crippen LogP) is 3.51. The molecule has 0 unspecified atom stereocenters. The normalized spacial score (nSPS) is 11.0. The molecule has 1 N–H and O–H groups in total. The molecule has 0 aromatic carbocycles. The van der Waals surface area contributed by atoms with Crippen LogP contribution in [-0.4, -0.2) is 18.1 Å². The molecule has 0 atom stereocenters. The summed E-state index contributed by atoms with van der Waals surface area (Å²) in [5.41, 5.74) is 0. The first-order valence-electron chi connectivity index (χ1n) is 6.58. The Bertz CT molecular complexity index is 476. The maximum absolute atomic E-state index is 5.78. The average Bonchev–Trinajstić information content (AvgIpc) is 3.03. The maximum Gasteiger partial charge on any atom is 0.194 e. The van der Waals surface area contributed by atoms with Gasteiger partial charge in [0.15, 0.2) is 11.7 Å². The fourth-order valence-electron chi connectivity index (χ4n) is 1.78. The molecule has 0 fully saturated rings. The van der Waals surface area contributed by atoms with E-state index >= 15 is 0 Å². The van der Waals surface area contributed by atoms with Gasteiger partial charge < -0.3 is 9.73 Å². The van der Waals surface area contributed by atoms with Gasteiger partial charge in [-0.3, -0.25) is 0 Å². The highest BCUT2D eigenvalue weighted by molar-refractivity contribution is 7.15. The van der Waals surface area contributed by atoms with Gasteiger partial charge in [-0.15, -0.1) is 11.3 Å². The Labute approximate surface area is 112 Å². The van der Waals surface area contributed by atoms with Gasteiger partial charge >= 0.3 is 0 Å². The topological polar surface area (TPSA) is 38.1 Å². The molecule has 0 bridgehead atoms. The minimum Gasteiger partial charge on any atom is -0.440 e. The van der Waals surface area contributed by atoms with Crippen molar-refractivity contribution in [2.24, 2.45) is 0 Å². The van der Waals surface area contributed by atoms with Crippen molar-refractivity contribution in [3.05, 3.63) is 29.1 Å². The number of aryl methyl sites for hydroxylation is 2. The highest BCUT2D eigenvalue weighted by atomic mass is 32.1. The summed E-state index contributed by atoms with van der Waals surface area (Å²) in [4.78, 5) is 6.90. The van der Waals surface area contributed by atoms with Crippen molar-refractivity contribution >= 4 is 11.3 Å². The number of oxazole rings is 1. The van der Waals surface area contributed by atoms with E-state index in [4.69, 9.17) is 4.42 Å². The summed E-state index contributed by atoms with van der Waals surface area (Å²) < 4.78 is 5.78. The number of nitrogens with zero attached hydrogens (tertiary/aromatic N) is 1. The van der Waals surface area contributed by atoms with Crippen molar-refractivity contribution in [2.45, 2.75) is 33.1 Å². The van der Waals surface area contributed by atoms with Crippen molar-refractivity contribution in [3.63, 3.8) is 0 Å². The van der Waals surface area contributed by atoms with Gasteiger partial charge in [-0.2, -0.15) is 0 Å². The van der Waals surface area contributed by atoms with E-state index in [1.807, 2.05) is 6.20 Å². The Balaban J connectivity index is 1.93. The lowest BCUT2D eigenvalue weighted by Gasteiger charge is -1.98. The van der Waals surface area contributed by atoms with Gasteiger partial charge in [0.25, 0.3) is 0 Å². The largest absolute Gasteiger partial charge is 0.440 e. The summed E-state index contributed by atoms with van der Waals surface area (Å²) in [5, 5.41) is 3.30. The number of aromatic nitrogens is 1. The van der Waals surface area contributed by atoms with E-state index in [9.17, 15) is 0 Å². The van der Waals surface area contributed by atoms with Crippen molar-refractivity contribution in [2.75, 3.05) is 13.1 Å². The molecule has 0 radical (unpaired) electrons. The number of hydrogen-bond donors (Lipinski definition) is 1. The zero-order valence-corrected chi connectivity index (χ0v) is 11.8. The first-order chi connectivity index (χ1) is 8.83. The fourth-order valence-corrected chi connectivity index (χ4v) is 2.68. The lowest BCUT2D eigenvalue weighted by molar-refractivity contribution is 0.494. The van der Waals surface area contributed by atoms with Gasteiger partial charge in [0.1, 0.15) is 0 Å². The van der Waals surface area contributed by atoms with E-state index < -0.39 is 0 Å². The van der Waals surface area contributed by atoms with Gasteiger partial charge in [0, 0.05) is 11.3 Å². The van der Waals surface area contributed by atoms with Gasteiger partial charge in [-0.05, 0) is 38.1 Å². The summed E-state index contributed by atoms with van der Waals surface area (Å²) in [6.07, 6.45) is 4.89. The minimum absolute atomic E-state index is 0.842. The van der Waals surface area contributed by atoms with E-state index in [1.54, 1.807) is 11.3 Å². The third kappa shape index (κ3) is 3.43. The highest BCUT2D eigenvalue weighted by Crippen LogP contribution is 2.29. The minimum atomic E-state index is 0.842. The first-order valence-corrected chi connectivity index (χ1v) is 7.39. The molecular weight excluding hydrogens is 244 g/mol. The molecule has 0 saturated carbocycles. The van der Waals surface area contributed by atoms with E-state index in [-0.39, 0.29) is 0 Å². The standard InChI is InChI=1S/C14H20N2OS/c1-3-11-7-8-13(18-11)12-10-16-14(17-12)6-5-9-15-4-2/h7-8,10,15H,3-6,9H2,1-2H3. The van der Waals surface area contributed by atoms with Crippen LogP contribution in [0.5, 0.6) is 0 Å². The fraction of sp³-hybridized carbons (Fsp3) is 0.500. The van der Waals surface area contributed by atoms with Crippen LogP contribution in [-0.2, 0) is 12.8 Å². The third-order valence-corrected chi connectivity index (χ3v) is 4.04. The van der Waals surface area contributed by atoms with E-state index in [0.717, 1.165) is 44.0 Å². The van der Waals surface area contributed by atoms with Crippen LogP contribution in [0.2, 0.25) is 0 Å². The molecular formula is C14H20N2OS. The molecule has 2 rings (SSSR count). The molecule has 0 aliphatic rings. The Morgan fingerprint density at radius 1 is 1.33 bits per heavy atom. The molecule has 0 spiro atoms. The zero-order chi connectivity index (χ0) is 12.8. The molecule has 2 heterocycles. The third-order valence-electron chi connectivity index (χ3n) is 2.80. The quantitative estimate of drug-likeness (QED) is 0.778. The van der Waals surface area contributed by atoms with Crippen molar-refractivity contribution in [1.82, 2.24) is 10.3 Å². The second kappa shape index (κ2) is 6.71. The summed E-state index contributed by atoms with van der Waals surface area (Å²) in [5.74, 6) is 1.74. The zero-order valence-electron chi connectivity index (χ0n) is 11.0. The van der Waals surface area contributed by atoms with Crippen molar-refractivity contribution < 1.29 is 4.42 Å². The van der Waals surface area contributed by atoms with Crippen LogP contribution in [0.4, 0.5) is 0 Å². The van der Waals surface area contributed by atoms with Crippen LogP contribution < -0.4 is 5.32 Å². The Hall–Kier alpha value is -1.13. The summed E-state index contributed by atoms with van der Waals surface area (Å²) in [6.45, 7) is 6.33. The monoisotopic (exact) mass is 264 g/mol. The molecule has 0 amide bonds. The second-order valence-corrected chi connectivity index (χ2v) is 5.36. The molecule has 98 valence electrons. The maximum atomic E-state index is 5.78. The highest BCUT2D eigenvalue weighted by Gasteiger charge is 2.08. The van der Waals surface area contributed by atoms with Gasteiger partial charge in [-0.1, -0.05) is 13.8 Å². The summed E-state index contributed by atoms with van der Waals surface area (Å²) in [6, 6.07) is 4.28. The Kier molecular flexibility index (Phi) is 4.96. The molecule has 2 aromatic heterocycles. The van der Waals surface area contributed by atoms with Gasteiger partial charge in [0.2, 0.25) is 0 Å². The van der Waals surface area contributed by atoms with Crippen LogP contribution >= 0.6 is 11.3 Å². The number of hydrogen-bond acceptors (Lipinski definition) is 4. The Morgan fingerprint density at radius 2 is 2.22 bits per heavy atom. The molecule has 18 heavy (non-hydrogen) atoms. The van der Waals surface area contributed by atoms with Crippen LogP contribution in [0, 0.1) is 0 Å². The first kappa shape index (κ1) is 13.3. The smallest absolute Gasteiger partial charge is 0.194 e. The van der Waals surface area contributed by atoms with E-state index in [0.29, 0.717) is 0 Å². The summed E-state index contributed by atoms with van der Waals surface area (Å²) >= 11 is 1.79. The molecule has 4 heteroatoms. The number of thiophene rings is 1. The van der Waals surface area contributed by atoms with Crippen LogP contribution in [0.25, 0.3) is 10.6 Å². The molecule has 0 aliphatic carbocycles. The summed E-state index contributed by atoms with van der Waals surface area (Å²) in [7, 11) is 0. The van der Waals surface area contributed by atoms with Crippen LogP contribution in [0.3, 0.4) is 0 Å². The van der Waals surface area contributed by atoms with E-state index in [2.05, 4.69) is 36.3 Å². The van der Waals surface area contributed by atoms with Crippen molar-refractivity contribution in [3.8, 4) is 10.6 Å². The van der Waals surface area contributed by atoms with Crippen LogP contribution in [0.1, 0.15) is 31.0 Å². The lowest BCUT2D eigenvalue weighted by Crippen LogP contribution is -2.14. The lowest BCUT2D eigenvalue weighted by atomic mass is 10.3. The second-order valence-electron chi connectivity index (χ2n) is 4.19. The SMILES string of the molecule is CCNCCCc1ncc(-c2ccc(CC)s2)o1. The van der Waals surface area contributed by atoms with E-state index in [1.165, 1.54) is 9.75 Å². The van der Waals surface area contributed by atoms with Crippen LogP contribution in [0.15, 0.2) is 22.7 Å². The Morgan fingerprint density at radius 3 is 2.94 bits per heavy atom. The molecule has 3 nitrogen and oxygen atoms in total. The molecule has 0 saturated heterocycles. The average molecular weight is 264 g/mol.